The van der Waals surface area contributed by atoms with Crippen LogP contribution in [0.15, 0.2) is 29.8 Å². The zero-order valence-electron chi connectivity index (χ0n) is 24.4. The average molecular weight is 572 g/mol. The van der Waals surface area contributed by atoms with E-state index in [-0.39, 0.29) is 36.7 Å². The summed E-state index contributed by atoms with van der Waals surface area (Å²) >= 11 is 1.59. The molecule has 9 nitrogen and oxygen atoms in total. The number of nitrogens with zero attached hydrogens (tertiary/aromatic N) is 2. The van der Waals surface area contributed by atoms with Gasteiger partial charge in [0.1, 0.15) is 12.1 Å². The predicted molar refractivity (Wildman–Crippen MR) is 158 cm³/mol. The lowest BCUT2D eigenvalue weighted by molar-refractivity contribution is -0.144. The molecule has 0 aliphatic carbocycles. The number of amides is 3. The first-order chi connectivity index (χ1) is 18.9. The highest BCUT2D eigenvalue weighted by Crippen LogP contribution is 2.29. The highest BCUT2D eigenvalue weighted by atomic mass is 32.1. The molecular weight excluding hydrogens is 526 g/mol. The van der Waals surface area contributed by atoms with Gasteiger partial charge < -0.3 is 26.4 Å². The number of benzene rings is 1. The number of aromatic nitrogens is 1. The summed E-state index contributed by atoms with van der Waals surface area (Å²) in [5, 5.41) is 16.4. The molecule has 2 heterocycles. The van der Waals surface area contributed by atoms with Crippen molar-refractivity contribution in [2.24, 2.45) is 11.1 Å². The number of thiazole rings is 1. The molecule has 3 amide bonds. The normalized spacial score (nSPS) is 18.8. The number of hydrogen-bond acceptors (Lipinski definition) is 7. The molecule has 0 bridgehead atoms. The van der Waals surface area contributed by atoms with E-state index in [1.54, 1.807) is 11.3 Å². The van der Waals surface area contributed by atoms with Crippen LogP contribution < -0.4 is 16.4 Å². The smallest absolute Gasteiger partial charge is 0.246 e. The van der Waals surface area contributed by atoms with Crippen LogP contribution in [0.2, 0.25) is 0 Å². The molecule has 0 spiro atoms. The molecule has 1 aromatic heterocycles. The van der Waals surface area contributed by atoms with Gasteiger partial charge in [-0.1, -0.05) is 57.9 Å². The fourth-order valence-electron chi connectivity index (χ4n) is 5.03. The molecule has 0 saturated carbocycles. The lowest BCUT2D eigenvalue weighted by atomic mass is 9.85. The Morgan fingerprint density at radius 3 is 2.40 bits per heavy atom. The van der Waals surface area contributed by atoms with Crippen molar-refractivity contribution in [2.75, 3.05) is 13.1 Å². The third-order valence-electron chi connectivity index (χ3n) is 7.42. The topological polar surface area (TPSA) is 138 Å². The second kappa shape index (κ2) is 14.2. The van der Waals surface area contributed by atoms with Crippen LogP contribution in [0, 0.1) is 12.3 Å². The number of hydrogen-bond donors (Lipinski definition) is 4. The van der Waals surface area contributed by atoms with Gasteiger partial charge in [-0.15, -0.1) is 11.3 Å². The summed E-state index contributed by atoms with van der Waals surface area (Å²) in [6.07, 6.45) is 3.22. The van der Waals surface area contributed by atoms with Crippen molar-refractivity contribution < 1.29 is 19.5 Å². The van der Waals surface area contributed by atoms with Crippen LogP contribution in [0.5, 0.6) is 0 Å². The number of nitrogens with two attached hydrogens (primary N) is 1. The first kappa shape index (κ1) is 31.7. The van der Waals surface area contributed by atoms with Crippen molar-refractivity contribution in [2.45, 2.75) is 97.4 Å². The zero-order chi connectivity index (χ0) is 29.4. The van der Waals surface area contributed by atoms with Crippen molar-refractivity contribution in [3.8, 4) is 10.4 Å². The number of carbonyl (C=O) groups excluding carboxylic acids is 3. The molecule has 1 aliphatic rings. The van der Waals surface area contributed by atoms with Gasteiger partial charge in [0.15, 0.2) is 0 Å². The molecule has 0 radical (unpaired) electrons. The molecule has 1 aromatic carbocycles. The largest absolute Gasteiger partial charge is 0.391 e. The molecule has 40 heavy (non-hydrogen) atoms. The Balaban J connectivity index is 1.65. The Kier molecular flexibility index (Phi) is 11.2. The standard InChI is InChI=1S/C30H45N5O4S/c1-19(21-11-13-22(14-12-21)26-20(2)32-18-40-26)33-28(38)24-16-23(36)17-35(24)29(39)27(30(3,4)5)34-25(37)10-8-6-7-9-15-31/h11-14,18-19,23-24,27,36H,6-10,15-17,31H2,1-5H3,(H,33,38)(H,34,37)/t19?,23-,24+,27?/m1/s1. The molecule has 5 N–H and O–H groups in total. The molecule has 10 heteroatoms. The van der Waals surface area contributed by atoms with E-state index in [0.717, 1.165) is 47.4 Å². The number of nitrogens with one attached hydrogen (secondary N) is 2. The van der Waals surface area contributed by atoms with E-state index in [2.05, 4.69) is 15.6 Å². The molecule has 1 aliphatic heterocycles. The number of rotatable bonds is 12. The molecule has 1 fully saturated rings. The van der Waals surface area contributed by atoms with E-state index in [0.29, 0.717) is 13.0 Å². The Morgan fingerprint density at radius 2 is 1.80 bits per heavy atom. The summed E-state index contributed by atoms with van der Waals surface area (Å²) in [6, 6.07) is 6.06. The van der Waals surface area contributed by atoms with Gasteiger partial charge in [0.25, 0.3) is 0 Å². The molecule has 220 valence electrons. The Hall–Kier alpha value is -2.82. The number of unbranched alkanes of at least 4 members (excludes halogenated alkanes) is 3. The highest BCUT2D eigenvalue weighted by Gasteiger charge is 2.44. The Labute approximate surface area is 241 Å². The minimum Gasteiger partial charge on any atom is -0.391 e. The Morgan fingerprint density at radius 1 is 1.12 bits per heavy atom. The summed E-state index contributed by atoms with van der Waals surface area (Å²) in [5.41, 5.74) is 9.77. The maximum atomic E-state index is 13.7. The predicted octanol–water partition coefficient (Wildman–Crippen LogP) is 3.70. The molecule has 2 aromatic rings. The summed E-state index contributed by atoms with van der Waals surface area (Å²) in [6.45, 7) is 10.2. The van der Waals surface area contributed by atoms with Crippen LogP contribution in [0.1, 0.15) is 83.5 Å². The molecule has 1 saturated heterocycles. The second-order valence-electron chi connectivity index (χ2n) is 11.8. The first-order valence-electron chi connectivity index (χ1n) is 14.2. The Bertz CT molecular complexity index is 1140. The maximum Gasteiger partial charge on any atom is 0.246 e. The van der Waals surface area contributed by atoms with Crippen molar-refractivity contribution in [3.05, 3.63) is 41.0 Å². The van der Waals surface area contributed by atoms with Crippen molar-refractivity contribution in [1.29, 1.82) is 0 Å². The monoisotopic (exact) mass is 571 g/mol. The second-order valence-corrected chi connectivity index (χ2v) is 12.7. The first-order valence-corrected chi connectivity index (χ1v) is 15.1. The molecule has 2 unspecified atom stereocenters. The van der Waals surface area contributed by atoms with Crippen LogP contribution in [0.3, 0.4) is 0 Å². The molecule has 3 rings (SSSR count). The van der Waals surface area contributed by atoms with Crippen molar-refractivity contribution >= 4 is 29.1 Å². The third-order valence-corrected chi connectivity index (χ3v) is 8.40. The fraction of sp³-hybridized carbons (Fsp3) is 0.600. The highest BCUT2D eigenvalue weighted by molar-refractivity contribution is 7.13. The summed E-state index contributed by atoms with van der Waals surface area (Å²) in [5.74, 6) is -0.858. The molecule has 4 atom stereocenters. The minimum atomic E-state index is -0.818. The van der Waals surface area contributed by atoms with Gasteiger partial charge in [-0.05, 0) is 49.8 Å². The van der Waals surface area contributed by atoms with Gasteiger partial charge in [-0.3, -0.25) is 14.4 Å². The van der Waals surface area contributed by atoms with Crippen LogP contribution >= 0.6 is 11.3 Å². The SMILES string of the molecule is Cc1ncsc1-c1ccc(C(C)NC(=O)[C@@H]2C[C@@H](O)CN2C(=O)C(NC(=O)CCCCCCN)C(C)(C)C)cc1. The number of β-amino-alcohol motifs (C(OH)–C–C–N with tert-alkyl or cyclic N) is 1. The number of aliphatic hydroxyl groups is 1. The van der Waals surface area contributed by atoms with Crippen LogP contribution in [-0.4, -0.2) is 64.0 Å². The van der Waals surface area contributed by atoms with Gasteiger partial charge in [0.2, 0.25) is 17.7 Å². The van der Waals surface area contributed by atoms with E-state index < -0.39 is 23.6 Å². The van der Waals surface area contributed by atoms with Gasteiger partial charge in [0, 0.05) is 19.4 Å². The van der Waals surface area contributed by atoms with Crippen LogP contribution in [0.25, 0.3) is 10.4 Å². The summed E-state index contributed by atoms with van der Waals surface area (Å²) in [7, 11) is 0. The lowest BCUT2D eigenvalue weighted by Crippen LogP contribution is -2.57. The lowest BCUT2D eigenvalue weighted by Gasteiger charge is -2.35. The summed E-state index contributed by atoms with van der Waals surface area (Å²) in [4.78, 5) is 46.7. The third kappa shape index (κ3) is 8.34. The van der Waals surface area contributed by atoms with Crippen LogP contribution in [0.4, 0.5) is 0 Å². The van der Waals surface area contributed by atoms with E-state index in [1.807, 2.05) is 64.4 Å². The van der Waals surface area contributed by atoms with Gasteiger partial charge in [0.05, 0.1) is 28.2 Å². The van der Waals surface area contributed by atoms with E-state index in [1.165, 1.54) is 4.90 Å². The van der Waals surface area contributed by atoms with Gasteiger partial charge in [-0.25, -0.2) is 4.98 Å². The van der Waals surface area contributed by atoms with E-state index in [9.17, 15) is 19.5 Å². The van der Waals surface area contributed by atoms with Gasteiger partial charge in [-0.2, -0.15) is 0 Å². The number of carbonyl (C=O) groups is 3. The number of likely N-dealkylation sites (tertiary alicyclic amines) is 1. The minimum absolute atomic E-state index is 0.0513. The van der Waals surface area contributed by atoms with E-state index in [4.69, 9.17) is 5.73 Å². The fourth-order valence-corrected chi connectivity index (χ4v) is 5.84. The molecular formula is C30H45N5O4S. The number of aliphatic hydroxyl groups excluding tert-OH is 1. The van der Waals surface area contributed by atoms with Crippen molar-refractivity contribution in [1.82, 2.24) is 20.5 Å². The van der Waals surface area contributed by atoms with Crippen molar-refractivity contribution in [3.63, 3.8) is 0 Å². The van der Waals surface area contributed by atoms with Gasteiger partial charge >= 0.3 is 0 Å². The average Bonchev–Trinajstić information content (AvgIpc) is 3.51. The van der Waals surface area contributed by atoms with Crippen LogP contribution in [-0.2, 0) is 14.4 Å². The quantitative estimate of drug-likeness (QED) is 0.287. The maximum absolute atomic E-state index is 13.7. The summed E-state index contributed by atoms with van der Waals surface area (Å²) < 4.78 is 0. The van der Waals surface area contributed by atoms with E-state index >= 15 is 0 Å². The zero-order valence-corrected chi connectivity index (χ0v) is 25.2. The number of aryl methyl sites for hydroxylation is 1.